The average Bonchev–Trinajstić information content (AvgIpc) is 3.18. The van der Waals surface area contributed by atoms with Crippen LogP contribution in [0.3, 0.4) is 0 Å². The Bertz CT molecular complexity index is 1190. The minimum atomic E-state index is -0.490. The molecule has 144 valence electrons. The molecule has 0 aliphatic carbocycles. The summed E-state index contributed by atoms with van der Waals surface area (Å²) in [4.78, 5) is 34.3. The Morgan fingerprint density at radius 2 is 1.90 bits per heavy atom. The number of nitro benzene ring substituents is 1. The molecule has 2 aromatic heterocycles. The van der Waals surface area contributed by atoms with E-state index >= 15 is 0 Å². The predicted octanol–water partition coefficient (Wildman–Crippen LogP) is 4.75. The van der Waals surface area contributed by atoms with Gasteiger partial charge < -0.3 is 0 Å². The number of hydrogen-bond acceptors (Lipinski definition) is 6. The molecule has 0 fully saturated rings. The lowest BCUT2D eigenvalue weighted by atomic mass is 10.2. The van der Waals surface area contributed by atoms with Crippen molar-refractivity contribution < 1.29 is 9.72 Å². The van der Waals surface area contributed by atoms with Gasteiger partial charge in [-0.1, -0.05) is 29.5 Å². The Morgan fingerprint density at radius 1 is 1.10 bits per heavy atom. The molecule has 0 aliphatic rings. The molecule has 0 atom stereocenters. The number of amides is 1. The van der Waals surface area contributed by atoms with Crippen molar-refractivity contribution in [3.05, 3.63) is 93.8 Å². The maximum atomic E-state index is 13.3. The lowest BCUT2D eigenvalue weighted by Gasteiger charge is -2.19. The molecule has 0 spiro atoms. The van der Waals surface area contributed by atoms with Crippen molar-refractivity contribution in [1.82, 2.24) is 9.97 Å². The van der Waals surface area contributed by atoms with E-state index in [9.17, 15) is 14.9 Å². The van der Waals surface area contributed by atoms with Crippen LogP contribution in [0.1, 0.15) is 21.6 Å². The number of carbonyl (C=O) groups is 1. The van der Waals surface area contributed by atoms with Crippen molar-refractivity contribution in [3.63, 3.8) is 0 Å². The summed E-state index contributed by atoms with van der Waals surface area (Å²) >= 11 is 1.43. The van der Waals surface area contributed by atoms with E-state index in [1.807, 2.05) is 43.3 Å². The number of hydrogen-bond donors (Lipinski definition) is 0. The third-order valence-electron chi connectivity index (χ3n) is 4.46. The summed E-state index contributed by atoms with van der Waals surface area (Å²) in [6.45, 7) is 2.22. The molecule has 2 heterocycles. The molecular formula is C21H16N4O3S. The van der Waals surface area contributed by atoms with Crippen molar-refractivity contribution in [1.29, 1.82) is 0 Å². The number of pyridine rings is 1. The smallest absolute Gasteiger partial charge is 0.269 e. The molecule has 4 aromatic rings. The van der Waals surface area contributed by atoms with Gasteiger partial charge in [0.15, 0.2) is 5.13 Å². The van der Waals surface area contributed by atoms with Gasteiger partial charge >= 0.3 is 0 Å². The molecule has 2 aromatic carbocycles. The first-order chi connectivity index (χ1) is 14.0. The number of nitrogens with zero attached hydrogens (tertiary/aromatic N) is 4. The Labute approximate surface area is 170 Å². The van der Waals surface area contributed by atoms with Crippen LogP contribution in [0.15, 0.2) is 66.9 Å². The van der Waals surface area contributed by atoms with Gasteiger partial charge in [-0.05, 0) is 42.8 Å². The van der Waals surface area contributed by atoms with Gasteiger partial charge in [-0.3, -0.25) is 24.8 Å². The van der Waals surface area contributed by atoms with E-state index in [1.54, 1.807) is 11.1 Å². The number of non-ortho nitro benzene ring substituents is 1. The quantitative estimate of drug-likeness (QED) is 0.354. The van der Waals surface area contributed by atoms with E-state index in [0.29, 0.717) is 10.7 Å². The number of carbonyl (C=O) groups excluding carboxylic acids is 1. The molecule has 0 saturated carbocycles. The van der Waals surface area contributed by atoms with E-state index in [-0.39, 0.29) is 18.1 Å². The third-order valence-corrected chi connectivity index (χ3v) is 5.50. The SMILES string of the molecule is Cc1cccc2sc(N(Cc3ccccn3)C(=O)c3ccc([N+](=O)[O-])cc3)nc12. The summed E-state index contributed by atoms with van der Waals surface area (Å²) < 4.78 is 0.988. The van der Waals surface area contributed by atoms with Gasteiger partial charge in [0.2, 0.25) is 0 Å². The Balaban J connectivity index is 1.75. The third kappa shape index (κ3) is 3.83. The average molecular weight is 404 g/mol. The van der Waals surface area contributed by atoms with Crippen molar-refractivity contribution in [3.8, 4) is 0 Å². The van der Waals surface area contributed by atoms with Crippen molar-refractivity contribution >= 4 is 38.3 Å². The second kappa shape index (κ2) is 7.76. The molecule has 29 heavy (non-hydrogen) atoms. The van der Waals surface area contributed by atoms with Gasteiger partial charge in [0, 0.05) is 23.9 Å². The number of para-hydroxylation sites is 1. The van der Waals surface area contributed by atoms with Crippen LogP contribution in [0, 0.1) is 17.0 Å². The highest BCUT2D eigenvalue weighted by Gasteiger charge is 2.23. The number of benzene rings is 2. The number of anilines is 1. The zero-order valence-electron chi connectivity index (χ0n) is 15.5. The van der Waals surface area contributed by atoms with Crippen molar-refractivity contribution in [2.45, 2.75) is 13.5 Å². The van der Waals surface area contributed by atoms with E-state index in [4.69, 9.17) is 0 Å². The van der Waals surface area contributed by atoms with Crippen LogP contribution in [0.2, 0.25) is 0 Å². The number of rotatable bonds is 5. The normalized spacial score (nSPS) is 10.8. The fourth-order valence-electron chi connectivity index (χ4n) is 2.95. The summed E-state index contributed by atoms with van der Waals surface area (Å²) in [6, 6.07) is 17.0. The topological polar surface area (TPSA) is 89.2 Å². The molecule has 0 radical (unpaired) electrons. The first-order valence-electron chi connectivity index (χ1n) is 8.85. The Kier molecular flexibility index (Phi) is 5.01. The predicted molar refractivity (Wildman–Crippen MR) is 112 cm³/mol. The van der Waals surface area contributed by atoms with Crippen molar-refractivity contribution in [2.75, 3.05) is 4.90 Å². The molecule has 0 saturated heterocycles. The molecule has 8 heteroatoms. The summed E-state index contributed by atoms with van der Waals surface area (Å²) in [6.07, 6.45) is 1.67. The highest BCUT2D eigenvalue weighted by atomic mass is 32.1. The van der Waals surface area contributed by atoms with E-state index in [2.05, 4.69) is 9.97 Å². The Morgan fingerprint density at radius 3 is 2.55 bits per heavy atom. The van der Waals surface area contributed by atoms with Gasteiger partial charge in [0.05, 0.1) is 27.4 Å². The largest absolute Gasteiger partial charge is 0.278 e. The number of aromatic nitrogens is 2. The van der Waals surface area contributed by atoms with Crippen LogP contribution < -0.4 is 4.90 Å². The summed E-state index contributed by atoms with van der Waals surface area (Å²) in [5.74, 6) is -0.290. The Hall–Kier alpha value is -3.65. The van der Waals surface area contributed by atoms with Gasteiger partial charge in [-0.2, -0.15) is 0 Å². The fourth-order valence-corrected chi connectivity index (χ4v) is 3.99. The van der Waals surface area contributed by atoms with Gasteiger partial charge in [-0.25, -0.2) is 4.98 Å². The second-order valence-corrected chi connectivity index (χ2v) is 7.44. The lowest BCUT2D eigenvalue weighted by Crippen LogP contribution is -2.30. The molecule has 0 N–H and O–H groups in total. The standard InChI is InChI=1S/C21H16N4O3S/c1-14-5-4-7-18-19(14)23-21(29-18)24(13-16-6-2-3-12-22-16)20(26)15-8-10-17(11-9-15)25(27)28/h2-12H,13H2,1H3. The number of aryl methyl sites for hydroxylation is 1. The number of thiazole rings is 1. The van der Waals surface area contributed by atoms with E-state index in [1.165, 1.54) is 35.6 Å². The van der Waals surface area contributed by atoms with Gasteiger partial charge in [0.1, 0.15) is 0 Å². The van der Waals surface area contributed by atoms with Crippen LogP contribution >= 0.6 is 11.3 Å². The minimum Gasteiger partial charge on any atom is -0.278 e. The fraction of sp³-hybridized carbons (Fsp3) is 0.0952. The zero-order chi connectivity index (χ0) is 20.4. The maximum absolute atomic E-state index is 13.3. The molecule has 7 nitrogen and oxygen atoms in total. The molecule has 4 rings (SSSR count). The highest BCUT2D eigenvalue weighted by Crippen LogP contribution is 2.32. The van der Waals surface area contributed by atoms with Crippen molar-refractivity contribution in [2.24, 2.45) is 0 Å². The zero-order valence-corrected chi connectivity index (χ0v) is 16.3. The second-order valence-electron chi connectivity index (χ2n) is 6.43. The van der Waals surface area contributed by atoms with Crippen LogP contribution in [0.4, 0.5) is 10.8 Å². The molecular weight excluding hydrogens is 388 g/mol. The first-order valence-corrected chi connectivity index (χ1v) is 9.67. The van der Waals surface area contributed by atoms with Crippen LogP contribution in [0.25, 0.3) is 10.2 Å². The lowest BCUT2D eigenvalue weighted by molar-refractivity contribution is -0.384. The van der Waals surface area contributed by atoms with Gasteiger partial charge in [-0.15, -0.1) is 0 Å². The molecule has 1 amide bonds. The summed E-state index contributed by atoms with van der Waals surface area (Å²) in [5, 5.41) is 11.5. The highest BCUT2D eigenvalue weighted by molar-refractivity contribution is 7.22. The molecule has 0 bridgehead atoms. The summed E-state index contributed by atoms with van der Waals surface area (Å²) in [5.41, 5.74) is 2.90. The monoisotopic (exact) mass is 404 g/mol. The number of fused-ring (bicyclic) bond motifs is 1. The van der Waals surface area contributed by atoms with Gasteiger partial charge in [0.25, 0.3) is 11.6 Å². The van der Waals surface area contributed by atoms with E-state index < -0.39 is 4.92 Å². The summed E-state index contributed by atoms with van der Waals surface area (Å²) in [7, 11) is 0. The first kappa shape index (κ1) is 18.7. The number of nitro groups is 1. The maximum Gasteiger partial charge on any atom is 0.269 e. The molecule has 0 unspecified atom stereocenters. The van der Waals surface area contributed by atoms with Crippen LogP contribution in [-0.4, -0.2) is 20.8 Å². The van der Waals surface area contributed by atoms with Crippen LogP contribution in [0.5, 0.6) is 0 Å². The minimum absolute atomic E-state index is 0.0616. The van der Waals surface area contributed by atoms with E-state index in [0.717, 1.165) is 21.5 Å². The molecule has 0 aliphatic heterocycles. The van der Waals surface area contributed by atoms with Crippen LogP contribution in [-0.2, 0) is 6.54 Å².